The van der Waals surface area contributed by atoms with Crippen LogP contribution in [0.3, 0.4) is 0 Å². The first-order chi connectivity index (χ1) is 35.2. The van der Waals surface area contributed by atoms with E-state index in [0.717, 1.165) is 48.9 Å². The minimum Gasteiger partial charge on any atom is -0.478 e. The number of hydrogen-bond donors (Lipinski definition) is 1. The van der Waals surface area contributed by atoms with Crippen LogP contribution in [0.25, 0.3) is 22.5 Å². The maximum atomic E-state index is 13.9. The molecule has 2 aliphatic rings. The lowest BCUT2D eigenvalue weighted by atomic mass is 9.95. The number of halogens is 7. The Balaban J connectivity index is 0.000000214. The fourth-order valence-electron chi connectivity index (χ4n) is 7.66. The van der Waals surface area contributed by atoms with Gasteiger partial charge in [0.05, 0.1) is 44.5 Å². The highest BCUT2D eigenvalue weighted by molar-refractivity contribution is 6.17. The van der Waals surface area contributed by atoms with E-state index in [-0.39, 0.29) is 47.4 Å². The monoisotopic (exact) mass is 1060 g/mol. The molecule has 0 saturated heterocycles. The molecule has 17 heteroatoms. The normalized spacial score (nSPS) is 13.6. The molecular weight excluding hydrogens is 1000 g/mol. The van der Waals surface area contributed by atoms with Crippen LogP contribution in [-0.4, -0.2) is 51.8 Å². The summed E-state index contributed by atoms with van der Waals surface area (Å²) in [5.74, 6) is -1.82. The van der Waals surface area contributed by atoms with Gasteiger partial charge in [0.2, 0.25) is 6.79 Å². The number of benzene rings is 4. The summed E-state index contributed by atoms with van der Waals surface area (Å²) >= 11 is 5.16. The third-order valence-electron chi connectivity index (χ3n) is 12.0. The van der Waals surface area contributed by atoms with Crippen molar-refractivity contribution in [1.82, 2.24) is 9.97 Å². The Bertz CT molecular complexity index is 2980. The first kappa shape index (κ1) is 57.2. The molecule has 2 heterocycles. The lowest BCUT2D eigenvalue weighted by Crippen LogP contribution is -2.25. The van der Waals surface area contributed by atoms with E-state index in [9.17, 15) is 50.6 Å². The molecule has 10 nitrogen and oxygen atoms in total. The van der Waals surface area contributed by atoms with Crippen LogP contribution in [0.15, 0.2) is 122 Å². The molecule has 1 N–H and O–H groups in total. The summed E-state index contributed by atoms with van der Waals surface area (Å²) in [6.07, 6.45) is -2.18. The number of rotatable bonds is 13. The first-order valence-electron chi connectivity index (χ1n) is 24.0. The number of aromatic carboxylic acids is 1. The summed E-state index contributed by atoms with van der Waals surface area (Å²) in [4.78, 5) is 55.6. The Labute approximate surface area is 436 Å². The minimum atomic E-state index is -4.61. The topological polar surface area (TPSA) is 142 Å². The highest BCUT2D eigenvalue weighted by Crippen LogP contribution is 2.43. The van der Waals surface area contributed by atoms with Crippen LogP contribution in [0.5, 0.6) is 0 Å². The van der Waals surface area contributed by atoms with Gasteiger partial charge in [-0.3, -0.25) is 19.6 Å². The smallest absolute Gasteiger partial charge is 0.418 e. The molecule has 8 rings (SSSR count). The van der Waals surface area contributed by atoms with Gasteiger partial charge in [0, 0.05) is 23.5 Å². The molecule has 2 aliphatic carbocycles. The Morgan fingerprint density at radius 3 is 1.32 bits per heavy atom. The van der Waals surface area contributed by atoms with E-state index < -0.39 is 59.0 Å². The number of carbonyl (C=O) groups is 4. The molecular formula is C58H57ClF6N2O8. The molecule has 2 aromatic heterocycles. The number of pyridine rings is 2. The molecule has 2 saturated carbocycles. The number of ether oxygens (including phenoxy) is 3. The van der Waals surface area contributed by atoms with E-state index in [0.29, 0.717) is 45.2 Å². The van der Waals surface area contributed by atoms with Gasteiger partial charge < -0.3 is 19.3 Å². The largest absolute Gasteiger partial charge is 0.478 e. The summed E-state index contributed by atoms with van der Waals surface area (Å²) in [5, 5.41) is 9.55. The van der Waals surface area contributed by atoms with Crippen LogP contribution in [-0.2, 0) is 49.0 Å². The average molecular weight is 1060 g/mol. The number of alkyl halides is 7. The molecule has 0 spiro atoms. The summed E-state index contributed by atoms with van der Waals surface area (Å²) in [5.41, 5.74) is 1.51. The minimum absolute atomic E-state index is 0.0440. The molecule has 75 heavy (non-hydrogen) atoms. The van der Waals surface area contributed by atoms with Crippen molar-refractivity contribution in [2.24, 2.45) is 10.8 Å². The van der Waals surface area contributed by atoms with Gasteiger partial charge in [-0.25, -0.2) is 9.59 Å². The van der Waals surface area contributed by atoms with Crippen molar-refractivity contribution in [3.05, 3.63) is 177 Å². The van der Waals surface area contributed by atoms with Crippen molar-refractivity contribution < 1.29 is 64.8 Å². The quantitative estimate of drug-likeness (QED) is 0.0514. The zero-order valence-electron chi connectivity index (χ0n) is 42.2. The zero-order chi connectivity index (χ0) is 54.9. The summed E-state index contributed by atoms with van der Waals surface area (Å²) in [6, 6.07) is 29.0. The summed E-state index contributed by atoms with van der Waals surface area (Å²) < 4.78 is 97.6. The number of aromatic nitrogens is 2. The van der Waals surface area contributed by atoms with Crippen molar-refractivity contribution in [3.63, 3.8) is 0 Å². The second kappa shape index (κ2) is 24.1. The molecule has 2 fully saturated rings. The zero-order valence-corrected chi connectivity index (χ0v) is 43.0. The van der Waals surface area contributed by atoms with Gasteiger partial charge in [-0.2, -0.15) is 26.3 Å². The molecule has 396 valence electrons. The molecule has 0 amide bonds. The highest BCUT2D eigenvalue weighted by Gasteiger charge is 2.37. The van der Waals surface area contributed by atoms with Gasteiger partial charge in [-0.05, 0) is 150 Å². The molecule has 0 unspecified atom stereocenters. The van der Waals surface area contributed by atoms with Gasteiger partial charge in [0.1, 0.15) is 0 Å². The highest BCUT2D eigenvalue weighted by atomic mass is 35.5. The maximum Gasteiger partial charge on any atom is 0.418 e. The van der Waals surface area contributed by atoms with Crippen molar-refractivity contribution in [2.75, 3.05) is 12.9 Å². The molecule has 0 aliphatic heterocycles. The second-order valence-electron chi connectivity index (χ2n) is 20.3. The van der Waals surface area contributed by atoms with Gasteiger partial charge in [0.25, 0.3) is 0 Å². The molecule has 6 aromatic rings. The Kier molecular flexibility index (Phi) is 18.4. The third kappa shape index (κ3) is 16.2. The standard InChI is InChI=1S/C29H28F3NO4.C23H18F3NO2.C6H11ClO2/c1-28(2,3)27(35)37-17-36-26(34)23-15-21(19-9-10-19)11-12-22(23)13-18-14-24(29(30,31)32)25(33-16-18)20-7-5-4-6-8-20;24-23(25,26)20-11-14(13-27-21(20)16-4-2-1-3-5-16)10-18-9-8-17(15-6-7-15)12-19(18)22(28)29;1-6(2,3)5(8)9-4-7/h4-8,11-12,14-16,19H,9-10,13,17H2,1-3H3;1-5,8-9,11-13,15H,6-7,10H2,(H,28,29);4H2,1-3H3. The number of carbonyl (C=O) groups excluding carboxylic acids is 3. The van der Waals surface area contributed by atoms with E-state index in [1.165, 1.54) is 12.4 Å². The molecule has 0 radical (unpaired) electrons. The van der Waals surface area contributed by atoms with Gasteiger partial charge in [0.15, 0.2) is 6.07 Å². The number of nitrogens with zero attached hydrogens (tertiary/aromatic N) is 2. The number of carboxylic acids is 1. The molecule has 4 aromatic carbocycles. The van der Waals surface area contributed by atoms with Crippen LogP contribution in [0.4, 0.5) is 26.3 Å². The van der Waals surface area contributed by atoms with Crippen molar-refractivity contribution in [1.29, 1.82) is 0 Å². The maximum absolute atomic E-state index is 13.9. The van der Waals surface area contributed by atoms with Crippen LogP contribution >= 0.6 is 11.6 Å². The second-order valence-corrected chi connectivity index (χ2v) is 20.5. The Morgan fingerprint density at radius 1 is 0.560 bits per heavy atom. The van der Waals surface area contributed by atoms with Crippen LogP contribution < -0.4 is 0 Å². The van der Waals surface area contributed by atoms with Gasteiger partial charge in [-0.15, -0.1) is 0 Å². The average Bonchev–Trinajstić information content (AvgIpc) is 4.30. The van der Waals surface area contributed by atoms with Gasteiger partial charge in [-0.1, -0.05) is 96.5 Å². The fourth-order valence-corrected chi connectivity index (χ4v) is 7.76. The Hall–Kier alpha value is -7.07. The van der Waals surface area contributed by atoms with Crippen molar-refractivity contribution in [2.45, 2.75) is 104 Å². The lowest BCUT2D eigenvalue weighted by Gasteiger charge is -2.17. The van der Waals surface area contributed by atoms with Crippen LogP contribution in [0.2, 0.25) is 0 Å². The van der Waals surface area contributed by atoms with Crippen LogP contribution in [0.1, 0.15) is 144 Å². The van der Waals surface area contributed by atoms with Crippen LogP contribution in [0, 0.1) is 10.8 Å². The van der Waals surface area contributed by atoms with Gasteiger partial charge >= 0.3 is 36.2 Å². The van der Waals surface area contributed by atoms with E-state index in [1.54, 1.807) is 126 Å². The van der Waals surface area contributed by atoms with E-state index in [4.69, 9.17) is 21.1 Å². The number of carboxylic acid groups (broad SMARTS) is 1. The predicted octanol–water partition coefficient (Wildman–Crippen LogP) is 14.6. The lowest BCUT2D eigenvalue weighted by molar-refractivity contribution is -0.161. The van der Waals surface area contributed by atoms with Crippen molar-refractivity contribution >= 4 is 35.5 Å². The molecule has 0 bridgehead atoms. The predicted molar refractivity (Wildman–Crippen MR) is 271 cm³/mol. The SMILES string of the molecule is CC(C)(C)C(=O)OCCl.CC(C)(C)C(=O)OCOC(=O)c1cc(C2CC2)ccc1Cc1cnc(-c2ccccc2)c(C(F)(F)F)c1.O=C(O)c1cc(C2CC2)ccc1Cc1cnc(-c2ccccc2)c(C(F)(F)F)c1. The fraction of sp³-hybridized carbons (Fsp3) is 0.345. The number of hydrogen-bond acceptors (Lipinski definition) is 9. The van der Waals surface area contributed by atoms with Crippen molar-refractivity contribution in [3.8, 4) is 22.5 Å². The molecule has 0 atom stereocenters. The Morgan fingerprint density at radius 2 is 0.960 bits per heavy atom. The van der Waals surface area contributed by atoms with E-state index >= 15 is 0 Å². The number of esters is 3. The summed E-state index contributed by atoms with van der Waals surface area (Å²) in [7, 11) is 0. The first-order valence-corrected chi connectivity index (χ1v) is 24.6. The third-order valence-corrected chi connectivity index (χ3v) is 12.1. The van der Waals surface area contributed by atoms with E-state index in [2.05, 4.69) is 14.7 Å². The summed E-state index contributed by atoms with van der Waals surface area (Å²) in [6.45, 7) is 9.83. The van der Waals surface area contributed by atoms with E-state index in [1.807, 2.05) is 12.1 Å².